The number of hydrogen-bond acceptors (Lipinski definition) is 4. The van der Waals surface area contributed by atoms with Crippen LogP contribution in [0.5, 0.6) is 0 Å². The van der Waals surface area contributed by atoms with E-state index in [9.17, 15) is 28.4 Å². The van der Waals surface area contributed by atoms with Gasteiger partial charge in [-0.1, -0.05) is 41.9 Å². The van der Waals surface area contributed by atoms with E-state index in [4.69, 9.17) is 11.6 Å². The molecule has 0 fully saturated rings. The molecule has 0 spiro atoms. The number of rotatable bonds is 4. The van der Waals surface area contributed by atoms with Crippen molar-refractivity contribution in [2.75, 3.05) is 5.32 Å². The summed E-state index contributed by atoms with van der Waals surface area (Å²) in [6, 6.07) is 9.22. The van der Waals surface area contributed by atoms with Crippen LogP contribution < -0.4 is 5.32 Å². The van der Waals surface area contributed by atoms with Gasteiger partial charge in [0.25, 0.3) is 5.69 Å². The van der Waals surface area contributed by atoms with Gasteiger partial charge in [-0.25, -0.2) is 0 Å². The smallest absolute Gasteiger partial charge is 0.367 e. The summed E-state index contributed by atoms with van der Waals surface area (Å²) < 4.78 is 38.5. The molecule has 0 bridgehead atoms. The van der Waals surface area contributed by atoms with Crippen LogP contribution in [-0.2, 0) is 11.9 Å². The number of halogens is 4. The molecular weight excluding hydrogens is 349 g/mol. The maximum atomic E-state index is 12.8. The first-order valence-electron chi connectivity index (χ1n) is 6.63. The number of nitrogens with zero attached hydrogens (tertiary/aromatic N) is 1. The number of nitro groups is 1. The van der Waals surface area contributed by atoms with Gasteiger partial charge in [-0.3, -0.25) is 10.1 Å². The minimum atomic E-state index is -4.83. The number of alkyl halides is 3. The van der Waals surface area contributed by atoms with Gasteiger partial charge in [0.1, 0.15) is 5.69 Å². The summed E-state index contributed by atoms with van der Waals surface area (Å²) in [5, 5.41) is 23.3. The first-order chi connectivity index (χ1) is 11.0. The molecule has 5 nitrogen and oxygen atoms in total. The number of nitrogens with one attached hydrogen (secondary N) is 1. The Morgan fingerprint density at radius 3 is 2.29 bits per heavy atom. The van der Waals surface area contributed by atoms with Crippen LogP contribution in [0.3, 0.4) is 0 Å². The van der Waals surface area contributed by atoms with Crippen molar-refractivity contribution in [3.63, 3.8) is 0 Å². The van der Waals surface area contributed by atoms with Crippen LogP contribution in [0, 0.1) is 10.1 Å². The molecule has 128 valence electrons. The van der Waals surface area contributed by atoms with E-state index in [0.29, 0.717) is 11.6 Å². The van der Waals surface area contributed by atoms with Crippen molar-refractivity contribution in [1.82, 2.24) is 0 Å². The summed E-state index contributed by atoms with van der Waals surface area (Å²) in [6.45, 7) is 1.32. The lowest BCUT2D eigenvalue weighted by molar-refractivity contribution is -0.384. The average Bonchev–Trinajstić information content (AvgIpc) is 2.46. The van der Waals surface area contributed by atoms with E-state index < -0.39 is 33.1 Å². The van der Waals surface area contributed by atoms with E-state index in [1.54, 1.807) is 30.3 Å². The number of hydrogen-bond donors (Lipinski definition) is 2. The maximum absolute atomic E-state index is 12.8. The van der Waals surface area contributed by atoms with E-state index in [-0.39, 0.29) is 5.69 Å². The lowest BCUT2D eigenvalue weighted by Crippen LogP contribution is -2.31. The number of aliphatic hydroxyl groups is 1. The third kappa shape index (κ3) is 3.77. The molecule has 0 aliphatic rings. The van der Waals surface area contributed by atoms with Gasteiger partial charge >= 0.3 is 6.18 Å². The van der Waals surface area contributed by atoms with Crippen LogP contribution in [-0.4, -0.2) is 10.0 Å². The van der Waals surface area contributed by atoms with Crippen LogP contribution in [0.1, 0.15) is 18.1 Å². The molecule has 0 aliphatic heterocycles. The molecule has 0 saturated carbocycles. The first kappa shape index (κ1) is 18.0. The summed E-state index contributed by atoms with van der Waals surface area (Å²) in [7, 11) is 0. The molecule has 0 aliphatic carbocycles. The molecular formula is C15H12ClF3N2O3. The Morgan fingerprint density at radius 2 is 1.79 bits per heavy atom. The molecule has 0 amide bonds. The molecule has 1 atom stereocenters. The third-order valence-electron chi connectivity index (χ3n) is 3.30. The fourth-order valence-corrected chi connectivity index (χ4v) is 2.40. The Bertz CT molecular complexity index is 765. The second-order valence-electron chi connectivity index (χ2n) is 5.17. The monoisotopic (exact) mass is 360 g/mol. The van der Waals surface area contributed by atoms with E-state index in [1.807, 2.05) is 0 Å². The molecule has 0 radical (unpaired) electrons. The molecule has 2 aromatic rings. The number of nitro benzene ring substituents is 1. The van der Waals surface area contributed by atoms with Crippen molar-refractivity contribution in [3.05, 3.63) is 68.7 Å². The van der Waals surface area contributed by atoms with Gasteiger partial charge in [0.15, 0.2) is 5.72 Å². The molecule has 0 saturated heterocycles. The number of anilines is 1. The average molecular weight is 361 g/mol. The van der Waals surface area contributed by atoms with Gasteiger partial charge in [0.2, 0.25) is 0 Å². The minimum Gasteiger partial charge on any atom is -0.367 e. The molecule has 2 rings (SSSR count). The SMILES string of the molecule is CC(O)(Nc1cc(Cl)c(C(F)(F)F)cc1[N+](=O)[O-])c1ccccc1. The molecule has 1 unspecified atom stereocenters. The molecule has 9 heteroatoms. The topological polar surface area (TPSA) is 75.4 Å². The summed E-state index contributed by atoms with van der Waals surface area (Å²) >= 11 is 5.60. The van der Waals surface area contributed by atoms with Crippen molar-refractivity contribution >= 4 is 23.0 Å². The molecule has 0 heterocycles. The van der Waals surface area contributed by atoms with Crippen molar-refractivity contribution in [2.45, 2.75) is 18.8 Å². The van der Waals surface area contributed by atoms with Gasteiger partial charge < -0.3 is 10.4 Å². The summed E-state index contributed by atoms with van der Waals surface area (Å²) in [4.78, 5) is 10.1. The van der Waals surface area contributed by atoms with Crippen LogP contribution in [0.2, 0.25) is 5.02 Å². The normalized spacial score (nSPS) is 14.1. The fraction of sp³-hybridized carbons (Fsp3) is 0.200. The van der Waals surface area contributed by atoms with Gasteiger partial charge in [-0.05, 0) is 13.0 Å². The zero-order valence-electron chi connectivity index (χ0n) is 12.3. The van der Waals surface area contributed by atoms with Crippen molar-refractivity contribution in [2.24, 2.45) is 0 Å². The minimum absolute atomic E-state index is 0.327. The van der Waals surface area contributed by atoms with Gasteiger partial charge in [-0.15, -0.1) is 0 Å². The second kappa shape index (κ2) is 6.29. The maximum Gasteiger partial charge on any atom is 0.418 e. The number of benzene rings is 2. The van der Waals surface area contributed by atoms with Crippen molar-refractivity contribution in [3.8, 4) is 0 Å². The zero-order valence-corrected chi connectivity index (χ0v) is 13.0. The van der Waals surface area contributed by atoms with Crippen LogP contribution in [0.4, 0.5) is 24.5 Å². The highest BCUT2D eigenvalue weighted by atomic mass is 35.5. The van der Waals surface area contributed by atoms with Gasteiger partial charge in [0, 0.05) is 11.6 Å². The molecule has 0 aromatic heterocycles. The highest BCUT2D eigenvalue weighted by Crippen LogP contribution is 2.41. The van der Waals surface area contributed by atoms with Crippen molar-refractivity contribution in [1.29, 1.82) is 0 Å². The zero-order chi connectivity index (χ0) is 18.1. The van der Waals surface area contributed by atoms with Crippen LogP contribution in [0.25, 0.3) is 0 Å². The lowest BCUT2D eigenvalue weighted by Gasteiger charge is -2.26. The van der Waals surface area contributed by atoms with E-state index in [0.717, 1.165) is 6.07 Å². The summed E-state index contributed by atoms with van der Waals surface area (Å²) in [5.74, 6) is 0. The standard InChI is InChI=1S/C15H12ClF3N2O3/c1-14(22,9-5-3-2-4-6-9)20-12-8-11(16)10(15(17,18)19)7-13(12)21(23)24/h2-8,20,22H,1H3. The molecule has 2 aromatic carbocycles. The Morgan fingerprint density at radius 1 is 1.21 bits per heavy atom. The Hall–Kier alpha value is -2.32. The lowest BCUT2D eigenvalue weighted by atomic mass is 10.0. The van der Waals surface area contributed by atoms with Crippen LogP contribution in [0.15, 0.2) is 42.5 Å². The van der Waals surface area contributed by atoms with Crippen molar-refractivity contribution < 1.29 is 23.2 Å². The Kier molecular flexibility index (Phi) is 4.73. The molecule has 2 N–H and O–H groups in total. The third-order valence-corrected chi connectivity index (χ3v) is 3.61. The second-order valence-corrected chi connectivity index (χ2v) is 5.57. The highest BCUT2D eigenvalue weighted by molar-refractivity contribution is 6.31. The highest BCUT2D eigenvalue weighted by Gasteiger charge is 2.37. The van der Waals surface area contributed by atoms with Gasteiger partial charge in [0.05, 0.1) is 15.5 Å². The Labute approximate surface area is 139 Å². The fourth-order valence-electron chi connectivity index (χ4n) is 2.13. The Balaban J connectivity index is 2.51. The van der Waals surface area contributed by atoms with E-state index in [1.165, 1.54) is 6.92 Å². The van der Waals surface area contributed by atoms with Gasteiger partial charge in [-0.2, -0.15) is 13.2 Å². The predicted octanol–water partition coefficient (Wildman–Crippen LogP) is 4.54. The summed E-state index contributed by atoms with van der Waals surface area (Å²) in [6.07, 6.45) is -4.83. The first-order valence-corrected chi connectivity index (χ1v) is 7.01. The predicted molar refractivity (Wildman–Crippen MR) is 82.7 cm³/mol. The van der Waals surface area contributed by atoms with E-state index in [2.05, 4.69) is 5.32 Å². The summed E-state index contributed by atoms with van der Waals surface area (Å²) in [5.41, 5.74) is -3.87. The molecule has 24 heavy (non-hydrogen) atoms. The largest absolute Gasteiger partial charge is 0.418 e. The quantitative estimate of drug-likeness (QED) is 0.476. The van der Waals surface area contributed by atoms with E-state index >= 15 is 0 Å². The van der Waals surface area contributed by atoms with Crippen LogP contribution >= 0.6 is 11.6 Å².